The van der Waals surface area contributed by atoms with Crippen LogP contribution in [0.2, 0.25) is 0 Å². The van der Waals surface area contributed by atoms with E-state index < -0.39 is 6.10 Å². The van der Waals surface area contributed by atoms with Crippen LogP contribution in [0.1, 0.15) is 348 Å². The third-order valence-electron chi connectivity index (χ3n) is 15.1. The third-order valence-corrected chi connectivity index (χ3v) is 15.1. The van der Waals surface area contributed by atoms with E-state index in [0.717, 1.165) is 116 Å². The van der Waals surface area contributed by atoms with Crippen LogP contribution in [-0.4, -0.2) is 37.2 Å². The van der Waals surface area contributed by atoms with Gasteiger partial charge in [-0.3, -0.25) is 14.4 Å². The second-order valence-electron chi connectivity index (χ2n) is 23.0. The lowest BCUT2D eigenvalue weighted by atomic mass is 10.0. The zero-order valence-electron chi connectivity index (χ0n) is 53.1. The maximum absolute atomic E-state index is 13.0. The van der Waals surface area contributed by atoms with Crippen molar-refractivity contribution in [1.82, 2.24) is 0 Å². The van der Waals surface area contributed by atoms with Crippen molar-refractivity contribution in [2.45, 2.75) is 354 Å². The molecule has 0 bridgehead atoms. The Morgan fingerprint density at radius 3 is 0.762 bits per heavy atom. The van der Waals surface area contributed by atoms with Gasteiger partial charge in [0.15, 0.2) is 6.10 Å². The first-order chi connectivity index (χ1) is 39.5. The molecule has 0 aromatic rings. The number of hydrogen-bond donors (Lipinski definition) is 0. The highest BCUT2D eigenvalue weighted by molar-refractivity contribution is 5.71. The SMILES string of the molecule is CC/C=C\C/C=C\C/C=C\C/C=C\CCCCCCCCCCC(=O)OC(COC(=O)CCCCCCCCC/C=C\C/C=C\C/C=C\CC)COC(=O)CCCCCCCCCCCCCCCCCCCCCCCCCC. The lowest BCUT2D eigenvalue weighted by Crippen LogP contribution is -2.30. The van der Waals surface area contributed by atoms with E-state index >= 15 is 0 Å². The number of carbonyl (C=O) groups excluding carboxylic acids is 3. The van der Waals surface area contributed by atoms with Gasteiger partial charge in [0.05, 0.1) is 0 Å². The van der Waals surface area contributed by atoms with E-state index in [1.54, 1.807) is 0 Å². The first kappa shape index (κ1) is 76.6. The molecule has 0 aliphatic rings. The smallest absolute Gasteiger partial charge is 0.306 e. The number of ether oxygens (including phenoxy) is 3. The molecular weight excluding hydrogens is 985 g/mol. The summed E-state index contributed by atoms with van der Waals surface area (Å²) in [5, 5.41) is 0. The molecule has 0 radical (unpaired) electrons. The predicted octanol–water partition coefficient (Wildman–Crippen LogP) is 23.8. The highest BCUT2D eigenvalue weighted by Gasteiger charge is 2.19. The molecule has 0 fully saturated rings. The van der Waals surface area contributed by atoms with Crippen LogP contribution < -0.4 is 0 Å². The van der Waals surface area contributed by atoms with Crippen molar-refractivity contribution >= 4 is 17.9 Å². The third kappa shape index (κ3) is 65.4. The quantitative estimate of drug-likeness (QED) is 0.0261. The Balaban J connectivity index is 4.34. The van der Waals surface area contributed by atoms with Crippen molar-refractivity contribution in [2.24, 2.45) is 0 Å². The molecule has 0 heterocycles. The molecule has 6 heteroatoms. The van der Waals surface area contributed by atoms with E-state index in [9.17, 15) is 14.4 Å². The van der Waals surface area contributed by atoms with Crippen LogP contribution in [0.15, 0.2) is 85.1 Å². The Bertz CT molecular complexity index is 1520. The van der Waals surface area contributed by atoms with Gasteiger partial charge in [-0.2, -0.15) is 0 Å². The molecule has 0 saturated heterocycles. The molecule has 0 aliphatic carbocycles. The van der Waals surface area contributed by atoms with E-state index in [1.807, 2.05) is 0 Å². The fourth-order valence-corrected chi connectivity index (χ4v) is 10.0. The lowest BCUT2D eigenvalue weighted by Gasteiger charge is -2.18. The van der Waals surface area contributed by atoms with Gasteiger partial charge in [-0.05, 0) is 89.9 Å². The number of carbonyl (C=O) groups is 3. The minimum absolute atomic E-state index is 0.0800. The van der Waals surface area contributed by atoms with E-state index in [-0.39, 0.29) is 31.1 Å². The minimum Gasteiger partial charge on any atom is -0.462 e. The fraction of sp³-hybridized carbons (Fsp3) is 0.770. The second kappa shape index (κ2) is 68.1. The summed E-state index contributed by atoms with van der Waals surface area (Å²) in [5.74, 6) is -0.880. The lowest BCUT2D eigenvalue weighted by molar-refractivity contribution is -0.167. The Hall–Kier alpha value is -3.41. The molecule has 1 unspecified atom stereocenters. The predicted molar refractivity (Wildman–Crippen MR) is 348 cm³/mol. The summed E-state index contributed by atoms with van der Waals surface area (Å²) in [6.45, 7) is 6.46. The molecule has 0 aromatic carbocycles. The zero-order chi connectivity index (χ0) is 57.8. The van der Waals surface area contributed by atoms with Crippen LogP contribution in [0.3, 0.4) is 0 Å². The van der Waals surface area contributed by atoms with Crippen molar-refractivity contribution in [3.8, 4) is 0 Å². The first-order valence-electron chi connectivity index (χ1n) is 34.6. The zero-order valence-corrected chi connectivity index (χ0v) is 53.1. The van der Waals surface area contributed by atoms with Crippen molar-refractivity contribution in [2.75, 3.05) is 13.2 Å². The monoisotopic (exact) mass is 1110 g/mol. The molecular formula is C74H130O6. The number of unbranched alkanes of at least 4 members (excludes halogenated alkanes) is 38. The number of esters is 3. The van der Waals surface area contributed by atoms with Gasteiger partial charge in [-0.15, -0.1) is 0 Å². The van der Waals surface area contributed by atoms with Gasteiger partial charge in [0.1, 0.15) is 13.2 Å². The Kier molecular flexibility index (Phi) is 65.2. The summed E-state index contributed by atoms with van der Waals surface area (Å²) in [6, 6.07) is 0. The minimum atomic E-state index is -0.787. The van der Waals surface area contributed by atoms with Crippen LogP contribution in [-0.2, 0) is 28.6 Å². The summed E-state index contributed by atoms with van der Waals surface area (Å²) in [4.78, 5) is 38.5. The average molecular weight is 1120 g/mol. The highest BCUT2D eigenvalue weighted by atomic mass is 16.6. The van der Waals surface area contributed by atoms with Crippen LogP contribution in [0.5, 0.6) is 0 Å². The Morgan fingerprint density at radius 2 is 0.487 bits per heavy atom. The van der Waals surface area contributed by atoms with Gasteiger partial charge < -0.3 is 14.2 Å². The summed E-state index contributed by atoms with van der Waals surface area (Å²) < 4.78 is 17.0. The molecule has 1 atom stereocenters. The van der Waals surface area contributed by atoms with Crippen LogP contribution in [0.25, 0.3) is 0 Å². The maximum atomic E-state index is 13.0. The van der Waals surface area contributed by atoms with Gasteiger partial charge >= 0.3 is 17.9 Å². The van der Waals surface area contributed by atoms with E-state index in [0.29, 0.717) is 19.3 Å². The largest absolute Gasteiger partial charge is 0.462 e. The molecule has 0 aromatic heterocycles. The molecule has 462 valence electrons. The molecule has 6 nitrogen and oxygen atoms in total. The maximum Gasteiger partial charge on any atom is 0.306 e. The van der Waals surface area contributed by atoms with Crippen molar-refractivity contribution in [3.63, 3.8) is 0 Å². The van der Waals surface area contributed by atoms with Crippen LogP contribution >= 0.6 is 0 Å². The van der Waals surface area contributed by atoms with E-state index in [1.165, 1.54) is 193 Å². The van der Waals surface area contributed by atoms with Gasteiger partial charge in [0.2, 0.25) is 0 Å². The topological polar surface area (TPSA) is 78.9 Å². The molecule has 0 spiro atoms. The molecule has 0 amide bonds. The van der Waals surface area contributed by atoms with E-state index in [2.05, 4.69) is 106 Å². The molecule has 0 N–H and O–H groups in total. The number of rotatable bonds is 63. The second-order valence-corrected chi connectivity index (χ2v) is 23.0. The van der Waals surface area contributed by atoms with Gasteiger partial charge in [-0.1, -0.05) is 324 Å². The van der Waals surface area contributed by atoms with Gasteiger partial charge in [0, 0.05) is 19.3 Å². The van der Waals surface area contributed by atoms with Gasteiger partial charge in [0.25, 0.3) is 0 Å². The molecule has 0 saturated carbocycles. The highest BCUT2D eigenvalue weighted by Crippen LogP contribution is 2.18. The first-order valence-corrected chi connectivity index (χ1v) is 34.6. The van der Waals surface area contributed by atoms with Crippen molar-refractivity contribution in [1.29, 1.82) is 0 Å². The molecule has 80 heavy (non-hydrogen) atoms. The molecule has 0 aliphatic heterocycles. The average Bonchev–Trinajstić information content (AvgIpc) is 3.46. The normalized spacial score (nSPS) is 12.6. The number of allylic oxidation sites excluding steroid dienone is 14. The van der Waals surface area contributed by atoms with Crippen molar-refractivity contribution in [3.05, 3.63) is 85.1 Å². The van der Waals surface area contributed by atoms with E-state index in [4.69, 9.17) is 14.2 Å². The standard InChI is InChI=1S/C74H130O6/c1-4-7-10-13-16-19-22-25-28-31-33-35-36-37-39-40-43-46-49-52-55-58-61-64-67-73(76)79-70-71(69-78-72(75)66-63-60-57-54-51-48-45-42-30-27-24-21-18-15-12-9-6-3)80-74(77)68-65-62-59-56-53-50-47-44-41-38-34-32-29-26-23-20-17-14-11-8-5-2/h8-9,11-12,17-18,20-21,26-27,29-30,34,38,71H,4-7,10,13-16,19,22-25,28,31-33,35-37,39-70H2,1-3H3/b11-8-,12-9-,20-17-,21-18-,29-26-,30-27-,38-34-. The van der Waals surface area contributed by atoms with Gasteiger partial charge in [-0.25, -0.2) is 0 Å². The molecule has 0 rings (SSSR count). The van der Waals surface area contributed by atoms with Crippen molar-refractivity contribution < 1.29 is 28.6 Å². The fourth-order valence-electron chi connectivity index (χ4n) is 10.0. The Labute approximate surface area is 496 Å². The Morgan fingerprint density at radius 1 is 0.263 bits per heavy atom. The summed E-state index contributed by atoms with van der Waals surface area (Å²) >= 11 is 0. The number of hydrogen-bond acceptors (Lipinski definition) is 6. The van der Waals surface area contributed by atoms with Crippen LogP contribution in [0.4, 0.5) is 0 Å². The van der Waals surface area contributed by atoms with Crippen LogP contribution in [0, 0.1) is 0 Å². The summed E-state index contributed by atoms with van der Waals surface area (Å²) in [6.07, 6.45) is 90.3. The summed E-state index contributed by atoms with van der Waals surface area (Å²) in [5.41, 5.74) is 0. The summed E-state index contributed by atoms with van der Waals surface area (Å²) in [7, 11) is 0.